The van der Waals surface area contributed by atoms with Gasteiger partial charge < -0.3 is 20.8 Å². The van der Waals surface area contributed by atoms with Gasteiger partial charge >= 0.3 is 11.9 Å². The van der Waals surface area contributed by atoms with Crippen LogP contribution in [0.5, 0.6) is 0 Å². The van der Waals surface area contributed by atoms with E-state index in [1.54, 1.807) is 12.1 Å². The number of anilines is 2. The number of carboxylic acids is 2. The Labute approximate surface area is 160 Å². The zero-order chi connectivity index (χ0) is 20.6. The maximum absolute atomic E-state index is 12.9. The number of benzene rings is 2. The van der Waals surface area contributed by atoms with Gasteiger partial charge in [0.05, 0.1) is 0 Å². The minimum atomic E-state index is -1.04. The number of nitrogens with one attached hydrogen (secondary N) is 2. The largest absolute Gasteiger partial charge is 0.480 e. The number of rotatable bonds is 6. The summed E-state index contributed by atoms with van der Waals surface area (Å²) in [6, 6.07) is 7.28. The van der Waals surface area contributed by atoms with Gasteiger partial charge in [-0.3, -0.25) is 19.2 Å². The fourth-order valence-electron chi connectivity index (χ4n) is 2.95. The maximum atomic E-state index is 12.9. The van der Waals surface area contributed by atoms with Crippen LogP contribution >= 0.6 is 0 Å². The molecule has 0 saturated carbocycles. The number of hydrogen-bond donors (Lipinski definition) is 4. The second-order valence-corrected chi connectivity index (χ2v) is 6.59. The Morgan fingerprint density at radius 3 is 1.39 bits per heavy atom. The predicted octanol–water partition coefficient (Wildman–Crippen LogP) is 2.23. The van der Waals surface area contributed by atoms with E-state index in [-0.39, 0.29) is 33.8 Å². The third kappa shape index (κ3) is 3.44. The molecule has 1 aliphatic carbocycles. The summed E-state index contributed by atoms with van der Waals surface area (Å²) in [7, 11) is 0. The average molecular weight is 382 g/mol. The lowest BCUT2D eigenvalue weighted by Crippen LogP contribution is -2.27. The molecule has 3 rings (SSSR count). The molecular weight excluding hydrogens is 364 g/mol. The summed E-state index contributed by atoms with van der Waals surface area (Å²) in [6.07, 6.45) is 0. The van der Waals surface area contributed by atoms with E-state index in [0.29, 0.717) is 11.4 Å². The molecule has 0 saturated heterocycles. The molecule has 0 radical (unpaired) electrons. The summed E-state index contributed by atoms with van der Waals surface area (Å²) in [5.74, 6) is -2.79. The Kier molecular flexibility index (Phi) is 4.87. The number of fused-ring (bicyclic) bond motifs is 2. The highest BCUT2D eigenvalue weighted by atomic mass is 16.4. The van der Waals surface area contributed by atoms with Crippen molar-refractivity contribution in [1.29, 1.82) is 0 Å². The maximum Gasteiger partial charge on any atom is 0.325 e. The zero-order valence-electron chi connectivity index (χ0n) is 15.1. The molecule has 0 aliphatic heterocycles. The van der Waals surface area contributed by atoms with Gasteiger partial charge in [0.1, 0.15) is 12.1 Å². The smallest absolute Gasteiger partial charge is 0.325 e. The lowest BCUT2D eigenvalue weighted by atomic mass is 9.83. The SMILES string of the molecule is CC(Nc1ccc2c(c1)C(=O)c1ccc(NC(C)C(=O)O)cc1C2=O)C(=O)O. The van der Waals surface area contributed by atoms with Crippen LogP contribution in [0, 0.1) is 0 Å². The first-order valence-corrected chi connectivity index (χ1v) is 8.55. The fourth-order valence-corrected chi connectivity index (χ4v) is 2.95. The quantitative estimate of drug-likeness (QED) is 0.510. The highest BCUT2D eigenvalue weighted by Gasteiger charge is 2.30. The van der Waals surface area contributed by atoms with Crippen molar-refractivity contribution in [2.24, 2.45) is 0 Å². The first kappa shape index (κ1) is 19.1. The van der Waals surface area contributed by atoms with E-state index < -0.39 is 24.0 Å². The molecular formula is C20H18N2O6. The van der Waals surface area contributed by atoms with E-state index >= 15 is 0 Å². The van der Waals surface area contributed by atoms with Crippen LogP contribution in [0.3, 0.4) is 0 Å². The number of aliphatic carboxylic acids is 2. The monoisotopic (exact) mass is 382 g/mol. The fraction of sp³-hybridized carbons (Fsp3) is 0.200. The van der Waals surface area contributed by atoms with Gasteiger partial charge in [-0.1, -0.05) is 0 Å². The van der Waals surface area contributed by atoms with Crippen molar-refractivity contribution >= 4 is 34.9 Å². The molecule has 8 nitrogen and oxygen atoms in total. The van der Waals surface area contributed by atoms with Gasteiger partial charge in [-0.25, -0.2) is 0 Å². The van der Waals surface area contributed by atoms with E-state index in [2.05, 4.69) is 10.6 Å². The molecule has 0 spiro atoms. The van der Waals surface area contributed by atoms with E-state index in [4.69, 9.17) is 10.2 Å². The van der Waals surface area contributed by atoms with Crippen molar-refractivity contribution < 1.29 is 29.4 Å². The molecule has 2 unspecified atom stereocenters. The molecule has 0 bridgehead atoms. The summed E-state index contributed by atoms with van der Waals surface area (Å²) < 4.78 is 0. The molecule has 0 heterocycles. The second-order valence-electron chi connectivity index (χ2n) is 6.59. The van der Waals surface area contributed by atoms with Crippen molar-refractivity contribution in [3.63, 3.8) is 0 Å². The van der Waals surface area contributed by atoms with E-state index in [1.807, 2.05) is 0 Å². The average Bonchev–Trinajstić information content (AvgIpc) is 2.65. The normalized spacial score (nSPS) is 14.5. The minimum Gasteiger partial charge on any atom is -0.480 e. The van der Waals surface area contributed by atoms with Gasteiger partial charge in [-0.05, 0) is 50.2 Å². The Hall–Kier alpha value is -3.68. The van der Waals surface area contributed by atoms with Crippen molar-refractivity contribution in [2.45, 2.75) is 25.9 Å². The number of ketones is 2. The van der Waals surface area contributed by atoms with E-state index in [9.17, 15) is 19.2 Å². The van der Waals surface area contributed by atoms with Crippen LogP contribution in [0.1, 0.15) is 45.7 Å². The second kappa shape index (κ2) is 7.15. The standard InChI is InChI=1S/C20H18N2O6/c1-9(19(25)26)21-11-3-5-13-15(7-11)17(23)14-6-4-12(8-16(14)18(13)24)22-10(2)20(27)28/h3-10,21-22H,1-2H3,(H,25,26)(H,27,28). The van der Waals surface area contributed by atoms with Crippen LogP contribution in [-0.4, -0.2) is 45.8 Å². The molecule has 8 heteroatoms. The van der Waals surface area contributed by atoms with Crippen molar-refractivity contribution in [2.75, 3.05) is 10.6 Å². The summed E-state index contributed by atoms with van der Waals surface area (Å²) in [5.41, 5.74) is 1.67. The molecule has 2 aromatic rings. The molecule has 2 aromatic carbocycles. The first-order valence-electron chi connectivity index (χ1n) is 8.55. The van der Waals surface area contributed by atoms with Gasteiger partial charge in [0, 0.05) is 33.6 Å². The Bertz CT molecular complexity index is 932. The Morgan fingerprint density at radius 1 is 0.714 bits per heavy atom. The van der Waals surface area contributed by atoms with E-state index in [0.717, 1.165) is 0 Å². The highest BCUT2D eigenvalue weighted by Crippen LogP contribution is 2.31. The highest BCUT2D eigenvalue weighted by molar-refractivity contribution is 6.28. The summed E-state index contributed by atoms with van der Waals surface area (Å²) >= 11 is 0. The Morgan fingerprint density at radius 2 is 1.07 bits per heavy atom. The number of hydrogen-bond acceptors (Lipinski definition) is 6. The zero-order valence-corrected chi connectivity index (χ0v) is 15.1. The van der Waals surface area contributed by atoms with Gasteiger partial charge in [0.25, 0.3) is 0 Å². The number of carboxylic acid groups (broad SMARTS) is 2. The van der Waals surface area contributed by atoms with Crippen LogP contribution in [0.2, 0.25) is 0 Å². The molecule has 4 N–H and O–H groups in total. The van der Waals surface area contributed by atoms with Crippen LogP contribution < -0.4 is 10.6 Å². The molecule has 0 aromatic heterocycles. The lowest BCUT2D eigenvalue weighted by molar-refractivity contribution is -0.138. The van der Waals surface area contributed by atoms with Crippen LogP contribution in [-0.2, 0) is 9.59 Å². The van der Waals surface area contributed by atoms with Crippen LogP contribution in [0.15, 0.2) is 36.4 Å². The van der Waals surface area contributed by atoms with Crippen LogP contribution in [0.25, 0.3) is 0 Å². The van der Waals surface area contributed by atoms with Gasteiger partial charge in [-0.15, -0.1) is 0 Å². The summed E-state index contributed by atoms with van der Waals surface area (Å²) in [6.45, 7) is 2.94. The molecule has 144 valence electrons. The van der Waals surface area contributed by atoms with Gasteiger partial charge in [0.2, 0.25) is 0 Å². The molecule has 2 atom stereocenters. The van der Waals surface area contributed by atoms with Crippen molar-refractivity contribution in [3.8, 4) is 0 Å². The van der Waals surface area contributed by atoms with E-state index in [1.165, 1.54) is 38.1 Å². The molecule has 1 aliphatic rings. The third-order valence-electron chi connectivity index (χ3n) is 4.52. The van der Waals surface area contributed by atoms with Crippen LogP contribution in [0.4, 0.5) is 11.4 Å². The van der Waals surface area contributed by atoms with Gasteiger partial charge in [0.15, 0.2) is 11.6 Å². The molecule has 0 amide bonds. The third-order valence-corrected chi connectivity index (χ3v) is 4.52. The van der Waals surface area contributed by atoms with Gasteiger partial charge in [-0.2, -0.15) is 0 Å². The summed E-state index contributed by atoms with van der Waals surface area (Å²) in [4.78, 5) is 47.7. The first-order chi connectivity index (χ1) is 13.2. The number of carbonyl (C=O) groups is 4. The molecule has 0 fully saturated rings. The van der Waals surface area contributed by atoms with Crippen molar-refractivity contribution in [1.82, 2.24) is 0 Å². The topological polar surface area (TPSA) is 133 Å². The predicted molar refractivity (Wildman–Crippen MR) is 101 cm³/mol. The lowest BCUT2D eigenvalue weighted by Gasteiger charge is -2.20. The van der Waals surface area contributed by atoms with Crippen molar-refractivity contribution in [3.05, 3.63) is 58.7 Å². The number of carbonyl (C=O) groups excluding carboxylic acids is 2. The minimum absolute atomic E-state index is 0.194. The summed E-state index contributed by atoms with van der Waals surface area (Å²) in [5, 5.41) is 23.5. The Balaban J connectivity index is 1.96. The molecule has 28 heavy (non-hydrogen) atoms.